The van der Waals surface area contributed by atoms with Crippen molar-refractivity contribution in [2.45, 2.75) is 24.7 Å². The van der Waals surface area contributed by atoms with E-state index < -0.39 is 10.0 Å². The Bertz CT molecular complexity index is 1240. The highest BCUT2D eigenvalue weighted by molar-refractivity contribution is 7.92. The zero-order valence-electron chi connectivity index (χ0n) is 18.8. The van der Waals surface area contributed by atoms with E-state index in [0.29, 0.717) is 49.0 Å². The van der Waals surface area contributed by atoms with Crippen LogP contribution in [0.4, 0.5) is 5.69 Å². The number of amides is 1. The molecule has 0 bridgehead atoms. The fraction of sp³-hybridized carbons (Fsp3) is 0.348. The van der Waals surface area contributed by atoms with Crippen LogP contribution in [-0.2, 0) is 14.8 Å². The molecule has 3 heterocycles. The van der Waals surface area contributed by atoms with Gasteiger partial charge in [0, 0.05) is 32.0 Å². The van der Waals surface area contributed by atoms with Crippen LogP contribution in [0.5, 0.6) is 0 Å². The first-order valence-electron chi connectivity index (χ1n) is 11.1. The summed E-state index contributed by atoms with van der Waals surface area (Å²) in [5.41, 5.74) is 0.675. The number of benzene rings is 1. The van der Waals surface area contributed by atoms with Gasteiger partial charge in [-0.25, -0.2) is 18.1 Å². The summed E-state index contributed by atoms with van der Waals surface area (Å²) >= 11 is 6.25. The summed E-state index contributed by atoms with van der Waals surface area (Å²) in [7, 11) is -3.90. The van der Waals surface area contributed by atoms with Crippen LogP contribution in [0.3, 0.4) is 0 Å². The highest BCUT2D eigenvalue weighted by Gasteiger charge is 2.28. The number of halogens is 1. The molecule has 0 unspecified atom stereocenters. The third-order valence-electron chi connectivity index (χ3n) is 5.47. The zero-order chi connectivity index (χ0) is 24.1. The lowest BCUT2D eigenvalue weighted by Crippen LogP contribution is -2.40. The standard InChI is InChI=1S/C23H26ClN5O4S/c1-2-3-9-29(34(31,32)20-7-5-4-6-8-20)21-14-19(24)16-25-22(21)28-17-18(15-26-28)23(30)27-10-12-33-13-11-27/h4-8,14-17H,2-3,9-13H2,1H3. The quantitative estimate of drug-likeness (QED) is 0.467. The molecule has 0 spiro atoms. The number of rotatable bonds is 8. The molecule has 11 heteroatoms. The third-order valence-corrected chi connectivity index (χ3v) is 7.51. The van der Waals surface area contributed by atoms with Gasteiger partial charge < -0.3 is 9.64 Å². The molecule has 1 aliphatic rings. The van der Waals surface area contributed by atoms with E-state index >= 15 is 0 Å². The van der Waals surface area contributed by atoms with Crippen molar-refractivity contribution in [3.05, 3.63) is 65.6 Å². The maximum absolute atomic E-state index is 13.6. The van der Waals surface area contributed by atoms with Crippen LogP contribution in [0.2, 0.25) is 5.02 Å². The monoisotopic (exact) mass is 503 g/mol. The van der Waals surface area contributed by atoms with Crippen LogP contribution in [-0.4, -0.2) is 66.8 Å². The fourth-order valence-electron chi connectivity index (χ4n) is 3.67. The molecule has 9 nitrogen and oxygen atoms in total. The molecule has 0 aliphatic carbocycles. The number of morpholine rings is 1. The van der Waals surface area contributed by atoms with Crippen LogP contribution in [0, 0.1) is 0 Å². The second kappa shape index (κ2) is 10.5. The number of pyridine rings is 1. The fourth-order valence-corrected chi connectivity index (χ4v) is 5.34. The molecular formula is C23H26ClN5O4S. The Kier molecular flexibility index (Phi) is 7.50. The number of unbranched alkanes of at least 4 members (excludes halogenated alkanes) is 1. The number of anilines is 1. The van der Waals surface area contributed by atoms with E-state index in [-0.39, 0.29) is 23.2 Å². The molecule has 1 aromatic carbocycles. The average molecular weight is 504 g/mol. The van der Waals surface area contributed by atoms with Crippen LogP contribution in [0.1, 0.15) is 30.1 Å². The van der Waals surface area contributed by atoms with E-state index in [2.05, 4.69) is 10.1 Å². The van der Waals surface area contributed by atoms with Crippen molar-refractivity contribution in [3.8, 4) is 5.82 Å². The minimum atomic E-state index is -3.90. The highest BCUT2D eigenvalue weighted by atomic mass is 35.5. The molecule has 1 aliphatic heterocycles. The normalized spacial score (nSPS) is 14.2. The summed E-state index contributed by atoms with van der Waals surface area (Å²) < 4.78 is 35.3. The van der Waals surface area contributed by atoms with Crippen LogP contribution >= 0.6 is 11.6 Å². The van der Waals surface area contributed by atoms with Gasteiger partial charge in [-0.2, -0.15) is 5.10 Å². The van der Waals surface area contributed by atoms with Crippen molar-refractivity contribution in [3.63, 3.8) is 0 Å². The van der Waals surface area contributed by atoms with Crippen molar-refractivity contribution in [1.82, 2.24) is 19.7 Å². The van der Waals surface area contributed by atoms with Crippen LogP contribution in [0.25, 0.3) is 5.82 Å². The summed E-state index contributed by atoms with van der Waals surface area (Å²) in [5.74, 6) is 0.103. The van der Waals surface area contributed by atoms with Gasteiger partial charge in [-0.3, -0.25) is 9.10 Å². The van der Waals surface area contributed by atoms with Gasteiger partial charge in [0.1, 0.15) is 0 Å². The lowest BCUT2D eigenvalue weighted by molar-refractivity contribution is 0.0303. The SMILES string of the molecule is CCCCN(c1cc(Cl)cnc1-n1cc(C(=O)N2CCOCC2)cn1)S(=O)(=O)c1ccccc1. The summed E-state index contributed by atoms with van der Waals surface area (Å²) in [6.45, 7) is 4.23. The van der Waals surface area contributed by atoms with Crippen molar-refractivity contribution in [2.75, 3.05) is 37.2 Å². The summed E-state index contributed by atoms with van der Waals surface area (Å²) in [6, 6.07) is 9.79. The van der Waals surface area contributed by atoms with Crippen molar-refractivity contribution in [2.24, 2.45) is 0 Å². The van der Waals surface area contributed by atoms with Gasteiger partial charge >= 0.3 is 0 Å². The smallest absolute Gasteiger partial charge is 0.264 e. The van der Waals surface area contributed by atoms with Gasteiger partial charge in [0.25, 0.3) is 15.9 Å². The number of carbonyl (C=O) groups excluding carboxylic acids is 1. The van der Waals surface area contributed by atoms with Gasteiger partial charge in [-0.15, -0.1) is 0 Å². The van der Waals surface area contributed by atoms with Gasteiger partial charge in [0.15, 0.2) is 5.82 Å². The lowest BCUT2D eigenvalue weighted by Gasteiger charge is -2.26. The first kappa shape index (κ1) is 24.2. The summed E-state index contributed by atoms with van der Waals surface area (Å²) in [5, 5.41) is 4.61. The Balaban J connectivity index is 1.75. The Morgan fingerprint density at radius 1 is 1.18 bits per heavy atom. The topological polar surface area (TPSA) is 97.6 Å². The van der Waals surface area contributed by atoms with E-state index in [9.17, 15) is 13.2 Å². The first-order valence-corrected chi connectivity index (χ1v) is 12.9. The number of carbonyl (C=O) groups is 1. The molecule has 0 saturated carbocycles. The molecule has 4 rings (SSSR count). The molecule has 34 heavy (non-hydrogen) atoms. The predicted octanol–water partition coefficient (Wildman–Crippen LogP) is 3.39. The first-order chi connectivity index (χ1) is 16.4. The number of ether oxygens (including phenoxy) is 1. The molecule has 0 radical (unpaired) electrons. The Hall–Kier alpha value is -2.95. The molecule has 0 atom stereocenters. The Morgan fingerprint density at radius 2 is 1.91 bits per heavy atom. The number of hydrogen-bond acceptors (Lipinski definition) is 6. The Morgan fingerprint density at radius 3 is 2.62 bits per heavy atom. The predicted molar refractivity (Wildman–Crippen MR) is 129 cm³/mol. The lowest BCUT2D eigenvalue weighted by atomic mass is 10.3. The van der Waals surface area contributed by atoms with E-state index in [1.807, 2.05) is 6.92 Å². The van der Waals surface area contributed by atoms with Crippen molar-refractivity contribution >= 4 is 33.2 Å². The van der Waals surface area contributed by atoms with E-state index in [1.54, 1.807) is 47.5 Å². The largest absolute Gasteiger partial charge is 0.378 e. The van der Waals surface area contributed by atoms with Gasteiger partial charge in [-0.1, -0.05) is 43.1 Å². The van der Waals surface area contributed by atoms with Crippen LogP contribution in [0.15, 0.2) is 59.9 Å². The second-order valence-electron chi connectivity index (χ2n) is 7.82. The average Bonchev–Trinajstić information content (AvgIpc) is 3.35. The number of nitrogens with zero attached hydrogens (tertiary/aromatic N) is 5. The molecular weight excluding hydrogens is 478 g/mol. The third kappa shape index (κ3) is 5.08. The molecule has 1 amide bonds. The minimum absolute atomic E-state index is 0.162. The molecule has 3 aromatic rings. The van der Waals surface area contributed by atoms with Gasteiger partial charge in [0.05, 0.1) is 40.6 Å². The highest BCUT2D eigenvalue weighted by Crippen LogP contribution is 2.31. The van der Waals surface area contributed by atoms with Gasteiger partial charge in [-0.05, 0) is 24.6 Å². The molecule has 180 valence electrons. The minimum Gasteiger partial charge on any atom is -0.378 e. The molecule has 0 N–H and O–H groups in total. The van der Waals surface area contributed by atoms with Crippen molar-refractivity contribution in [1.29, 1.82) is 0 Å². The number of aromatic nitrogens is 3. The van der Waals surface area contributed by atoms with E-state index in [0.717, 1.165) is 6.42 Å². The second-order valence-corrected chi connectivity index (χ2v) is 10.1. The van der Waals surface area contributed by atoms with E-state index in [1.165, 1.54) is 21.4 Å². The molecule has 1 fully saturated rings. The van der Waals surface area contributed by atoms with Crippen LogP contribution < -0.4 is 4.31 Å². The maximum atomic E-state index is 13.6. The van der Waals surface area contributed by atoms with Gasteiger partial charge in [0.2, 0.25) is 0 Å². The summed E-state index contributed by atoms with van der Waals surface area (Å²) in [4.78, 5) is 19.1. The molecule has 2 aromatic heterocycles. The summed E-state index contributed by atoms with van der Waals surface area (Å²) in [6.07, 6.45) is 5.88. The zero-order valence-corrected chi connectivity index (χ0v) is 20.4. The number of sulfonamides is 1. The Labute approximate surface area is 204 Å². The van der Waals surface area contributed by atoms with Crippen molar-refractivity contribution < 1.29 is 17.9 Å². The maximum Gasteiger partial charge on any atom is 0.264 e. The van der Waals surface area contributed by atoms with E-state index in [4.69, 9.17) is 16.3 Å². The molecule has 1 saturated heterocycles. The number of hydrogen-bond donors (Lipinski definition) is 0.